The Morgan fingerprint density at radius 3 is 2.62 bits per heavy atom. The standard InChI is InChI=1S/C10H9F3INO/c1-10(12,13)5-15-9(16)7-3-2-6(14)4-8(7)11/h2-4H,5H2,1H3,(H,15,16). The quantitative estimate of drug-likeness (QED) is 0.841. The second kappa shape index (κ2) is 5.03. The zero-order chi connectivity index (χ0) is 12.3. The summed E-state index contributed by atoms with van der Waals surface area (Å²) < 4.78 is 38.8. The fourth-order valence-electron chi connectivity index (χ4n) is 1.00. The Hall–Kier alpha value is -0.790. The van der Waals surface area contributed by atoms with Gasteiger partial charge >= 0.3 is 0 Å². The van der Waals surface area contributed by atoms with Crippen molar-refractivity contribution in [3.63, 3.8) is 0 Å². The van der Waals surface area contributed by atoms with E-state index in [9.17, 15) is 18.0 Å². The average Bonchev–Trinajstić information content (AvgIpc) is 2.13. The van der Waals surface area contributed by atoms with Gasteiger partial charge in [0.2, 0.25) is 0 Å². The first-order valence-corrected chi connectivity index (χ1v) is 5.48. The molecule has 0 saturated carbocycles. The van der Waals surface area contributed by atoms with Gasteiger partial charge in [-0.15, -0.1) is 0 Å². The van der Waals surface area contributed by atoms with Crippen molar-refractivity contribution >= 4 is 28.5 Å². The van der Waals surface area contributed by atoms with Crippen LogP contribution in [0.15, 0.2) is 18.2 Å². The maximum Gasteiger partial charge on any atom is 0.262 e. The normalized spacial score (nSPS) is 11.3. The summed E-state index contributed by atoms with van der Waals surface area (Å²) in [5.74, 6) is -4.56. The topological polar surface area (TPSA) is 29.1 Å². The van der Waals surface area contributed by atoms with E-state index in [0.717, 1.165) is 0 Å². The molecule has 1 amide bonds. The van der Waals surface area contributed by atoms with Crippen LogP contribution in [0.5, 0.6) is 0 Å². The smallest absolute Gasteiger partial charge is 0.262 e. The number of halogens is 4. The highest BCUT2D eigenvalue weighted by molar-refractivity contribution is 14.1. The number of nitrogens with one attached hydrogen (secondary N) is 1. The predicted molar refractivity (Wildman–Crippen MR) is 62.1 cm³/mol. The molecule has 16 heavy (non-hydrogen) atoms. The van der Waals surface area contributed by atoms with Gasteiger partial charge in [-0.25, -0.2) is 13.2 Å². The summed E-state index contributed by atoms with van der Waals surface area (Å²) in [6, 6.07) is 3.96. The number of amides is 1. The van der Waals surface area contributed by atoms with Crippen molar-refractivity contribution in [2.45, 2.75) is 12.8 Å². The van der Waals surface area contributed by atoms with E-state index < -0.39 is 24.2 Å². The van der Waals surface area contributed by atoms with Gasteiger partial charge in [-0.05, 0) is 40.8 Å². The molecule has 1 N–H and O–H groups in total. The zero-order valence-corrected chi connectivity index (χ0v) is 10.5. The van der Waals surface area contributed by atoms with E-state index in [1.54, 1.807) is 0 Å². The van der Waals surface area contributed by atoms with Crippen LogP contribution in [0.4, 0.5) is 13.2 Å². The summed E-state index contributed by atoms with van der Waals surface area (Å²) in [6.07, 6.45) is 0. The molecular formula is C10H9F3INO. The second-order valence-corrected chi connectivity index (χ2v) is 4.62. The van der Waals surface area contributed by atoms with Crippen LogP contribution in [0.1, 0.15) is 17.3 Å². The lowest BCUT2D eigenvalue weighted by atomic mass is 10.2. The third-order valence-electron chi connectivity index (χ3n) is 1.74. The van der Waals surface area contributed by atoms with Gasteiger partial charge in [0, 0.05) is 10.5 Å². The Labute approximate surface area is 104 Å². The monoisotopic (exact) mass is 343 g/mol. The average molecular weight is 343 g/mol. The van der Waals surface area contributed by atoms with Gasteiger partial charge in [-0.2, -0.15) is 0 Å². The fourth-order valence-corrected chi connectivity index (χ4v) is 1.46. The minimum Gasteiger partial charge on any atom is -0.346 e. The molecule has 0 aliphatic carbocycles. The van der Waals surface area contributed by atoms with Crippen molar-refractivity contribution in [1.29, 1.82) is 0 Å². The summed E-state index contributed by atoms with van der Waals surface area (Å²) >= 11 is 1.89. The van der Waals surface area contributed by atoms with Crippen LogP contribution < -0.4 is 5.32 Å². The number of carbonyl (C=O) groups is 1. The number of rotatable bonds is 3. The van der Waals surface area contributed by atoms with Crippen LogP contribution in [0.3, 0.4) is 0 Å². The lowest BCUT2D eigenvalue weighted by molar-refractivity contribution is 0.0220. The first-order chi connectivity index (χ1) is 7.29. The first kappa shape index (κ1) is 13.3. The van der Waals surface area contributed by atoms with Crippen molar-refractivity contribution in [2.24, 2.45) is 0 Å². The van der Waals surface area contributed by atoms with Gasteiger partial charge in [-0.1, -0.05) is 0 Å². The predicted octanol–water partition coefficient (Wildman–Crippen LogP) is 2.82. The first-order valence-electron chi connectivity index (χ1n) is 4.41. The molecule has 0 aliphatic heterocycles. The third-order valence-corrected chi connectivity index (χ3v) is 2.41. The van der Waals surface area contributed by atoms with Gasteiger partial charge < -0.3 is 5.32 Å². The zero-order valence-electron chi connectivity index (χ0n) is 8.36. The maximum absolute atomic E-state index is 13.3. The van der Waals surface area contributed by atoms with Crippen LogP contribution >= 0.6 is 22.6 Å². The van der Waals surface area contributed by atoms with Crippen molar-refractivity contribution in [1.82, 2.24) is 5.32 Å². The van der Waals surface area contributed by atoms with Gasteiger partial charge in [0.25, 0.3) is 11.8 Å². The Balaban J connectivity index is 2.74. The van der Waals surface area contributed by atoms with E-state index in [2.05, 4.69) is 0 Å². The Morgan fingerprint density at radius 1 is 1.50 bits per heavy atom. The number of benzene rings is 1. The van der Waals surface area contributed by atoms with Crippen molar-refractivity contribution < 1.29 is 18.0 Å². The summed E-state index contributed by atoms with van der Waals surface area (Å²) in [5, 5.41) is 1.97. The SMILES string of the molecule is CC(F)(F)CNC(=O)c1ccc(I)cc1F. The highest BCUT2D eigenvalue weighted by Gasteiger charge is 2.22. The van der Waals surface area contributed by atoms with E-state index in [4.69, 9.17) is 0 Å². The largest absolute Gasteiger partial charge is 0.346 e. The van der Waals surface area contributed by atoms with Crippen molar-refractivity contribution in [2.75, 3.05) is 6.54 Å². The molecule has 6 heteroatoms. The van der Waals surface area contributed by atoms with Gasteiger partial charge in [-0.3, -0.25) is 4.79 Å². The molecule has 0 radical (unpaired) electrons. The highest BCUT2D eigenvalue weighted by Crippen LogP contribution is 2.13. The van der Waals surface area contributed by atoms with Crippen LogP contribution in [-0.4, -0.2) is 18.4 Å². The minimum atomic E-state index is -3.00. The Bertz CT molecular complexity index is 404. The molecule has 1 aromatic rings. The number of carbonyl (C=O) groups excluding carboxylic acids is 1. The molecule has 0 heterocycles. The van der Waals surface area contributed by atoms with E-state index in [1.807, 2.05) is 27.9 Å². The fraction of sp³-hybridized carbons (Fsp3) is 0.300. The molecule has 0 aliphatic rings. The Kier molecular flexibility index (Phi) is 4.17. The lowest BCUT2D eigenvalue weighted by Crippen LogP contribution is -2.34. The molecule has 1 aromatic carbocycles. The maximum atomic E-state index is 13.3. The lowest BCUT2D eigenvalue weighted by Gasteiger charge is -2.11. The molecule has 1 rings (SSSR count). The molecular weight excluding hydrogens is 334 g/mol. The molecule has 0 fully saturated rings. The molecule has 0 spiro atoms. The molecule has 0 unspecified atom stereocenters. The molecule has 0 aromatic heterocycles. The van der Waals surface area contributed by atoms with Gasteiger partial charge in [0.15, 0.2) is 0 Å². The highest BCUT2D eigenvalue weighted by atomic mass is 127. The van der Waals surface area contributed by atoms with E-state index in [-0.39, 0.29) is 5.56 Å². The van der Waals surface area contributed by atoms with Crippen LogP contribution in [0, 0.1) is 9.39 Å². The minimum absolute atomic E-state index is 0.232. The molecule has 0 bridgehead atoms. The second-order valence-electron chi connectivity index (χ2n) is 3.38. The van der Waals surface area contributed by atoms with Crippen LogP contribution in [-0.2, 0) is 0 Å². The van der Waals surface area contributed by atoms with E-state index in [0.29, 0.717) is 10.5 Å². The number of hydrogen-bond donors (Lipinski definition) is 1. The van der Waals surface area contributed by atoms with Crippen LogP contribution in [0.2, 0.25) is 0 Å². The third kappa shape index (κ3) is 3.99. The molecule has 0 atom stereocenters. The molecule has 0 saturated heterocycles. The summed E-state index contributed by atoms with van der Waals surface area (Å²) in [7, 11) is 0. The molecule has 88 valence electrons. The van der Waals surface area contributed by atoms with Gasteiger partial charge in [0.1, 0.15) is 5.82 Å². The van der Waals surface area contributed by atoms with Crippen molar-refractivity contribution in [3.05, 3.63) is 33.1 Å². The summed E-state index contributed by atoms with van der Waals surface area (Å²) in [6.45, 7) is -0.130. The van der Waals surface area contributed by atoms with E-state index >= 15 is 0 Å². The summed E-state index contributed by atoms with van der Waals surface area (Å²) in [5.41, 5.74) is -0.232. The summed E-state index contributed by atoms with van der Waals surface area (Å²) in [4.78, 5) is 11.3. The number of hydrogen-bond acceptors (Lipinski definition) is 1. The Morgan fingerprint density at radius 2 is 2.12 bits per heavy atom. The van der Waals surface area contributed by atoms with Crippen LogP contribution in [0.25, 0.3) is 0 Å². The molecule has 2 nitrogen and oxygen atoms in total. The number of alkyl halides is 2. The van der Waals surface area contributed by atoms with E-state index in [1.165, 1.54) is 18.2 Å². The van der Waals surface area contributed by atoms with Gasteiger partial charge in [0.05, 0.1) is 12.1 Å². The van der Waals surface area contributed by atoms with Crippen molar-refractivity contribution in [3.8, 4) is 0 Å².